The number of aromatic nitrogens is 3. The minimum atomic E-state index is -0.0208. The van der Waals surface area contributed by atoms with Crippen LogP contribution in [0.4, 0.5) is 5.82 Å². The van der Waals surface area contributed by atoms with E-state index in [0.717, 1.165) is 47.2 Å². The molecule has 1 fully saturated rings. The zero-order valence-electron chi connectivity index (χ0n) is 17.8. The maximum Gasteiger partial charge on any atom is 0.246 e. The fraction of sp³-hybridized carbons (Fsp3) is 0.375. The number of carbonyl (C=O) groups is 1. The first-order valence-corrected chi connectivity index (χ1v) is 10.0. The van der Waals surface area contributed by atoms with E-state index in [2.05, 4.69) is 60.1 Å². The first kappa shape index (κ1) is 24.5. The van der Waals surface area contributed by atoms with E-state index in [-0.39, 0.29) is 32.9 Å². The molecule has 2 N–H and O–H groups in total. The molecule has 0 aliphatic carbocycles. The second-order valence-corrected chi connectivity index (χ2v) is 7.89. The highest BCUT2D eigenvalue weighted by Crippen LogP contribution is 2.40. The Hall–Kier alpha value is -2.80. The van der Waals surface area contributed by atoms with Crippen LogP contribution >= 0.6 is 13.5 Å². The summed E-state index contributed by atoms with van der Waals surface area (Å²) in [7, 11) is 0. The molecule has 0 spiro atoms. The van der Waals surface area contributed by atoms with E-state index in [1.807, 2.05) is 4.90 Å². The minimum Gasteiger partial charge on any atom is -0.383 e. The van der Waals surface area contributed by atoms with E-state index in [4.69, 9.17) is 5.73 Å². The molecule has 1 aliphatic heterocycles. The van der Waals surface area contributed by atoms with Crippen LogP contribution in [0.5, 0.6) is 0 Å². The number of anilines is 1. The molecule has 7 heteroatoms. The second-order valence-electron chi connectivity index (χ2n) is 7.89. The zero-order chi connectivity index (χ0) is 20.7. The highest BCUT2D eigenvalue weighted by molar-refractivity contribution is 7.59. The lowest BCUT2D eigenvalue weighted by Gasteiger charge is -2.34. The fourth-order valence-corrected chi connectivity index (χ4v) is 4.64. The van der Waals surface area contributed by atoms with E-state index in [0.29, 0.717) is 12.4 Å². The summed E-state index contributed by atoms with van der Waals surface area (Å²) in [5.41, 5.74) is 12.9. The smallest absolute Gasteiger partial charge is 0.246 e. The molecule has 1 saturated heterocycles. The van der Waals surface area contributed by atoms with Gasteiger partial charge in [0.05, 0.1) is 11.4 Å². The van der Waals surface area contributed by atoms with Crippen LogP contribution in [0.3, 0.4) is 0 Å². The standard InChI is InChI=1S/C23H27N5O.CH4.H2S/c1-5-19(29)27-10-6-7-17(12-27)28-16(4)20(18-9-8-14(2)11-15(18)3)21-22(24)25-13-26-23(21)28;;/h5,8-9,11,13,17H,1,6-7,10,12H2,2-4H3,(H2,24,25,26);1H4;1H2. The summed E-state index contributed by atoms with van der Waals surface area (Å²) in [6.07, 6.45) is 4.85. The lowest BCUT2D eigenvalue weighted by atomic mass is 9.97. The summed E-state index contributed by atoms with van der Waals surface area (Å²) in [6.45, 7) is 11.4. The van der Waals surface area contributed by atoms with Gasteiger partial charge in [-0.25, -0.2) is 9.97 Å². The van der Waals surface area contributed by atoms with Crippen LogP contribution in [-0.2, 0) is 4.79 Å². The van der Waals surface area contributed by atoms with Gasteiger partial charge in [-0.2, -0.15) is 13.5 Å². The monoisotopic (exact) mass is 439 g/mol. The molecule has 1 aromatic carbocycles. The Morgan fingerprint density at radius 3 is 2.68 bits per heavy atom. The molecule has 4 rings (SSSR count). The number of rotatable bonds is 3. The third-order valence-electron chi connectivity index (χ3n) is 5.96. The first-order valence-electron chi connectivity index (χ1n) is 10.0. The van der Waals surface area contributed by atoms with Crippen molar-refractivity contribution in [3.05, 3.63) is 54.0 Å². The van der Waals surface area contributed by atoms with Crippen molar-refractivity contribution >= 4 is 36.3 Å². The van der Waals surface area contributed by atoms with E-state index in [1.54, 1.807) is 0 Å². The highest BCUT2D eigenvalue weighted by Gasteiger charge is 2.29. The van der Waals surface area contributed by atoms with Crippen molar-refractivity contribution in [2.24, 2.45) is 0 Å². The van der Waals surface area contributed by atoms with Gasteiger partial charge in [-0.1, -0.05) is 37.8 Å². The third-order valence-corrected chi connectivity index (χ3v) is 5.96. The molecule has 31 heavy (non-hydrogen) atoms. The summed E-state index contributed by atoms with van der Waals surface area (Å²) in [4.78, 5) is 23.0. The Balaban J connectivity index is 0.00000171. The molecule has 6 nitrogen and oxygen atoms in total. The Morgan fingerprint density at radius 1 is 1.26 bits per heavy atom. The number of fused-ring (bicyclic) bond motifs is 1. The number of carbonyl (C=O) groups excluding carboxylic acids is 1. The number of hydrogen-bond donors (Lipinski definition) is 1. The number of likely N-dealkylation sites (tertiary alicyclic amines) is 1. The van der Waals surface area contributed by atoms with Gasteiger partial charge < -0.3 is 15.2 Å². The molecule has 166 valence electrons. The Morgan fingerprint density at radius 2 is 2.00 bits per heavy atom. The van der Waals surface area contributed by atoms with E-state index >= 15 is 0 Å². The van der Waals surface area contributed by atoms with Crippen LogP contribution in [0.15, 0.2) is 37.2 Å². The van der Waals surface area contributed by atoms with Gasteiger partial charge in [0.1, 0.15) is 17.8 Å². The molecule has 1 atom stereocenters. The van der Waals surface area contributed by atoms with Gasteiger partial charge in [-0.3, -0.25) is 4.79 Å². The van der Waals surface area contributed by atoms with Crippen molar-refractivity contribution in [3.63, 3.8) is 0 Å². The van der Waals surface area contributed by atoms with Crippen molar-refractivity contribution in [2.75, 3.05) is 18.8 Å². The summed E-state index contributed by atoms with van der Waals surface area (Å²) < 4.78 is 2.25. The third kappa shape index (κ3) is 4.19. The average molecular weight is 440 g/mol. The maximum absolute atomic E-state index is 12.2. The second kappa shape index (κ2) is 9.56. The molecule has 0 saturated carbocycles. The Bertz CT molecular complexity index is 1120. The molecule has 0 radical (unpaired) electrons. The number of hydrogen-bond acceptors (Lipinski definition) is 4. The average Bonchev–Trinajstić information content (AvgIpc) is 3.00. The molecule has 1 amide bonds. The zero-order valence-corrected chi connectivity index (χ0v) is 18.8. The number of nitrogen functional groups attached to an aromatic ring is 1. The van der Waals surface area contributed by atoms with Gasteiger partial charge in [0, 0.05) is 24.3 Å². The number of nitrogens with zero attached hydrogens (tertiary/aromatic N) is 4. The van der Waals surface area contributed by atoms with Crippen LogP contribution in [-0.4, -0.2) is 38.4 Å². The predicted molar refractivity (Wildman–Crippen MR) is 134 cm³/mol. The highest BCUT2D eigenvalue weighted by atomic mass is 32.1. The predicted octanol–water partition coefficient (Wildman–Crippen LogP) is 4.70. The summed E-state index contributed by atoms with van der Waals surface area (Å²) >= 11 is 0. The molecular weight excluding hydrogens is 406 g/mol. The van der Waals surface area contributed by atoms with Gasteiger partial charge in [0.25, 0.3) is 0 Å². The molecule has 3 aromatic rings. The normalized spacial score (nSPS) is 15.8. The van der Waals surface area contributed by atoms with Crippen molar-refractivity contribution in [2.45, 2.75) is 47.1 Å². The number of amides is 1. The molecule has 2 aromatic heterocycles. The number of nitrogens with two attached hydrogens (primary N) is 1. The number of benzene rings is 1. The van der Waals surface area contributed by atoms with Crippen molar-refractivity contribution < 1.29 is 4.79 Å². The Labute approximate surface area is 191 Å². The lowest BCUT2D eigenvalue weighted by molar-refractivity contribution is -0.127. The van der Waals surface area contributed by atoms with E-state index < -0.39 is 0 Å². The van der Waals surface area contributed by atoms with Gasteiger partial charge in [-0.15, -0.1) is 0 Å². The quantitative estimate of drug-likeness (QED) is 0.600. The van der Waals surface area contributed by atoms with Gasteiger partial charge in [0.2, 0.25) is 5.91 Å². The van der Waals surface area contributed by atoms with Crippen LogP contribution in [0.2, 0.25) is 0 Å². The topological polar surface area (TPSA) is 77.0 Å². The summed E-state index contributed by atoms with van der Waals surface area (Å²) in [5.74, 6) is 0.467. The van der Waals surface area contributed by atoms with E-state index in [9.17, 15) is 4.79 Å². The molecule has 3 heterocycles. The molecule has 1 unspecified atom stereocenters. The van der Waals surface area contributed by atoms with Gasteiger partial charge in [-0.05, 0) is 50.8 Å². The van der Waals surface area contributed by atoms with Crippen LogP contribution < -0.4 is 5.73 Å². The van der Waals surface area contributed by atoms with Crippen molar-refractivity contribution in [1.29, 1.82) is 0 Å². The van der Waals surface area contributed by atoms with Crippen LogP contribution in [0.1, 0.15) is 43.1 Å². The largest absolute Gasteiger partial charge is 0.383 e. The fourth-order valence-electron chi connectivity index (χ4n) is 4.64. The SMILES string of the molecule is C.C=CC(=O)N1CCCC(n2c(C)c(-c3ccc(C)cc3C)c3c(N)ncnc32)C1.S. The van der Waals surface area contributed by atoms with Gasteiger partial charge >= 0.3 is 0 Å². The van der Waals surface area contributed by atoms with Crippen molar-refractivity contribution in [1.82, 2.24) is 19.4 Å². The Kier molecular flexibility index (Phi) is 7.54. The molecular formula is C24H33N5OS. The van der Waals surface area contributed by atoms with Crippen molar-refractivity contribution in [3.8, 4) is 11.1 Å². The maximum atomic E-state index is 12.2. The number of piperidine rings is 1. The summed E-state index contributed by atoms with van der Waals surface area (Å²) in [6, 6.07) is 6.60. The van der Waals surface area contributed by atoms with Gasteiger partial charge in [0.15, 0.2) is 0 Å². The van der Waals surface area contributed by atoms with Crippen LogP contribution in [0.25, 0.3) is 22.2 Å². The minimum absolute atomic E-state index is 0. The molecule has 0 bridgehead atoms. The summed E-state index contributed by atoms with van der Waals surface area (Å²) in [5, 5.41) is 0.893. The lowest BCUT2D eigenvalue weighted by Crippen LogP contribution is -2.40. The number of aryl methyl sites for hydroxylation is 2. The first-order chi connectivity index (χ1) is 13.9. The molecule has 1 aliphatic rings. The van der Waals surface area contributed by atoms with Crippen LogP contribution in [0, 0.1) is 20.8 Å². The van der Waals surface area contributed by atoms with E-state index in [1.165, 1.54) is 23.5 Å².